The molecule has 1 heterocycles. The largest absolute Gasteiger partial charge is 0.462 e. The second-order valence-electron chi connectivity index (χ2n) is 5.37. The Kier molecular flexibility index (Phi) is 7.01. The van der Waals surface area contributed by atoms with E-state index in [1.807, 2.05) is 0 Å². The Bertz CT molecular complexity index is 657. The molecule has 0 bridgehead atoms. The second-order valence-corrected chi connectivity index (χ2v) is 7.33. The number of ether oxygens (including phenoxy) is 1. The molecule has 0 aromatic heterocycles. The fraction of sp³-hybridized carbons (Fsp3) is 0.533. The molecule has 1 aromatic rings. The minimum Gasteiger partial charge on any atom is -0.462 e. The minimum absolute atomic E-state index is 0. The molecule has 0 saturated carbocycles. The van der Waals surface area contributed by atoms with Gasteiger partial charge in [-0.2, -0.15) is 4.31 Å². The summed E-state index contributed by atoms with van der Waals surface area (Å²) in [4.78, 5) is 12.0. The van der Waals surface area contributed by atoms with Gasteiger partial charge in [0, 0.05) is 19.6 Å². The predicted molar refractivity (Wildman–Crippen MR) is 90.6 cm³/mol. The molecule has 0 spiro atoms. The first-order chi connectivity index (χ1) is 10.4. The van der Waals surface area contributed by atoms with Crippen LogP contribution in [0.1, 0.15) is 29.3 Å². The third-order valence-electron chi connectivity index (χ3n) is 3.90. The first-order valence-electron chi connectivity index (χ1n) is 7.34. The lowest BCUT2D eigenvalue weighted by Crippen LogP contribution is -2.38. The Morgan fingerprint density at radius 2 is 2.13 bits per heavy atom. The van der Waals surface area contributed by atoms with Crippen molar-refractivity contribution >= 4 is 28.4 Å². The Morgan fingerprint density at radius 1 is 1.43 bits per heavy atom. The van der Waals surface area contributed by atoms with Crippen LogP contribution in [-0.2, 0) is 14.8 Å². The number of hydrogen-bond donors (Lipinski definition) is 1. The summed E-state index contributed by atoms with van der Waals surface area (Å²) in [7, 11) is -2.05. The summed E-state index contributed by atoms with van der Waals surface area (Å²) in [5.74, 6) is -0.510. The van der Waals surface area contributed by atoms with Gasteiger partial charge in [0.2, 0.25) is 10.0 Å². The number of nitrogens with zero attached hydrogens (tertiary/aromatic N) is 1. The Hall–Kier alpha value is -1.15. The molecule has 1 unspecified atom stereocenters. The average molecular weight is 363 g/mol. The summed E-state index contributed by atoms with van der Waals surface area (Å²) >= 11 is 0. The number of carbonyl (C=O) groups excluding carboxylic acids is 1. The highest BCUT2D eigenvalue weighted by molar-refractivity contribution is 7.89. The highest BCUT2D eigenvalue weighted by Gasteiger charge is 2.31. The number of benzene rings is 1. The molecular formula is C15H23ClN2O4S. The fourth-order valence-corrected chi connectivity index (χ4v) is 4.15. The standard InChI is InChI=1S/C15H22N2O4S.ClH/c1-4-21-15(18)12-6-5-11(2)14(9-12)22(19,20)17(3)13-7-8-16-10-13;/h5-6,9,13,16H,4,7-8,10H2,1-3H3;1H. The quantitative estimate of drug-likeness (QED) is 0.805. The summed E-state index contributed by atoms with van der Waals surface area (Å²) in [5, 5.41) is 3.16. The lowest BCUT2D eigenvalue weighted by Gasteiger charge is -2.24. The molecule has 130 valence electrons. The van der Waals surface area contributed by atoms with Crippen LogP contribution in [0.25, 0.3) is 0 Å². The molecule has 1 saturated heterocycles. The van der Waals surface area contributed by atoms with E-state index in [0.717, 1.165) is 13.0 Å². The number of nitrogens with one attached hydrogen (secondary N) is 1. The van der Waals surface area contributed by atoms with Crippen LogP contribution in [0.3, 0.4) is 0 Å². The van der Waals surface area contributed by atoms with Crippen molar-refractivity contribution in [2.24, 2.45) is 0 Å². The van der Waals surface area contributed by atoms with Gasteiger partial charge in [-0.05, 0) is 44.5 Å². The zero-order valence-corrected chi connectivity index (χ0v) is 15.2. The normalized spacial score (nSPS) is 17.8. The molecule has 1 fully saturated rings. The van der Waals surface area contributed by atoms with Crippen molar-refractivity contribution in [3.05, 3.63) is 29.3 Å². The number of likely N-dealkylation sites (N-methyl/N-ethyl adjacent to an activating group) is 1. The van der Waals surface area contributed by atoms with E-state index in [-0.39, 0.29) is 35.5 Å². The van der Waals surface area contributed by atoms with E-state index in [2.05, 4.69) is 5.32 Å². The topological polar surface area (TPSA) is 75.7 Å². The van der Waals surface area contributed by atoms with Gasteiger partial charge in [0.05, 0.1) is 17.1 Å². The van der Waals surface area contributed by atoms with E-state index >= 15 is 0 Å². The Labute approximate surface area is 143 Å². The first kappa shape index (κ1) is 19.9. The monoisotopic (exact) mass is 362 g/mol. The number of aryl methyl sites for hydroxylation is 1. The number of hydrogen-bond acceptors (Lipinski definition) is 5. The van der Waals surface area contributed by atoms with E-state index in [9.17, 15) is 13.2 Å². The van der Waals surface area contributed by atoms with Crippen LogP contribution in [0.4, 0.5) is 0 Å². The fourth-order valence-electron chi connectivity index (χ4n) is 2.52. The van der Waals surface area contributed by atoms with Crippen molar-refractivity contribution in [1.82, 2.24) is 9.62 Å². The maximum atomic E-state index is 12.8. The van der Waals surface area contributed by atoms with Gasteiger partial charge in [-0.1, -0.05) is 6.07 Å². The molecular weight excluding hydrogens is 340 g/mol. The lowest BCUT2D eigenvalue weighted by molar-refractivity contribution is 0.0526. The van der Waals surface area contributed by atoms with Crippen molar-refractivity contribution in [3.63, 3.8) is 0 Å². The third-order valence-corrected chi connectivity index (χ3v) is 5.96. The van der Waals surface area contributed by atoms with Crippen LogP contribution in [-0.4, -0.2) is 51.5 Å². The molecule has 8 heteroatoms. The summed E-state index contributed by atoms with van der Waals surface area (Å²) in [6.45, 7) is 5.15. The van der Waals surface area contributed by atoms with Crippen LogP contribution in [0.2, 0.25) is 0 Å². The zero-order chi connectivity index (χ0) is 16.3. The summed E-state index contributed by atoms with van der Waals surface area (Å²) in [5.41, 5.74) is 0.870. The molecule has 0 amide bonds. The second kappa shape index (κ2) is 8.10. The van der Waals surface area contributed by atoms with Crippen LogP contribution in [0.15, 0.2) is 23.1 Å². The number of sulfonamides is 1. The van der Waals surface area contributed by atoms with Gasteiger partial charge in [0.1, 0.15) is 0 Å². The number of halogens is 1. The Morgan fingerprint density at radius 3 is 2.70 bits per heavy atom. The van der Waals surface area contributed by atoms with Gasteiger partial charge < -0.3 is 10.1 Å². The first-order valence-corrected chi connectivity index (χ1v) is 8.78. The van der Waals surface area contributed by atoms with Gasteiger partial charge in [-0.3, -0.25) is 0 Å². The minimum atomic E-state index is -3.64. The van der Waals surface area contributed by atoms with E-state index in [4.69, 9.17) is 4.74 Å². The van der Waals surface area contributed by atoms with Crippen LogP contribution in [0, 0.1) is 6.92 Å². The van der Waals surface area contributed by atoms with Crippen molar-refractivity contribution in [2.45, 2.75) is 31.2 Å². The molecule has 1 aliphatic heterocycles. The van der Waals surface area contributed by atoms with Gasteiger partial charge in [0.25, 0.3) is 0 Å². The summed E-state index contributed by atoms with van der Waals surface area (Å²) < 4.78 is 32.0. The van der Waals surface area contributed by atoms with Crippen molar-refractivity contribution in [2.75, 3.05) is 26.7 Å². The molecule has 1 aromatic carbocycles. The van der Waals surface area contributed by atoms with Crippen molar-refractivity contribution in [3.8, 4) is 0 Å². The molecule has 6 nitrogen and oxygen atoms in total. The highest BCUT2D eigenvalue weighted by Crippen LogP contribution is 2.24. The van der Waals surface area contributed by atoms with Crippen LogP contribution in [0.5, 0.6) is 0 Å². The SMILES string of the molecule is CCOC(=O)c1ccc(C)c(S(=O)(=O)N(C)C2CCNC2)c1.Cl. The number of carbonyl (C=O) groups is 1. The van der Waals surface area contributed by atoms with Crippen molar-refractivity contribution < 1.29 is 17.9 Å². The molecule has 0 aliphatic carbocycles. The van der Waals surface area contributed by atoms with Crippen molar-refractivity contribution in [1.29, 1.82) is 0 Å². The van der Waals surface area contributed by atoms with Gasteiger partial charge >= 0.3 is 5.97 Å². The molecule has 1 aliphatic rings. The third kappa shape index (κ3) is 4.23. The smallest absolute Gasteiger partial charge is 0.338 e. The average Bonchev–Trinajstić information content (AvgIpc) is 3.01. The summed E-state index contributed by atoms with van der Waals surface area (Å²) in [6.07, 6.45) is 0.784. The summed E-state index contributed by atoms with van der Waals surface area (Å²) in [6, 6.07) is 4.57. The van der Waals surface area contributed by atoms with Gasteiger partial charge in [-0.15, -0.1) is 12.4 Å². The number of rotatable bonds is 5. The lowest BCUT2D eigenvalue weighted by atomic mass is 10.1. The maximum Gasteiger partial charge on any atom is 0.338 e. The maximum absolute atomic E-state index is 12.8. The molecule has 1 N–H and O–H groups in total. The van der Waals surface area contributed by atoms with E-state index in [1.54, 1.807) is 33.0 Å². The van der Waals surface area contributed by atoms with Crippen LogP contribution >= 0.6 is 12.4 Å². The van der Waals surface area contributed by atoms with E-state index in [0.29, 0.717) is 12.1 Å². The van der Waals surface area contributed by atoms with Gasteiger partial charge in [-0.25, -0.2) is 13.2 Å². The zero-order valence-electron chi connectivity index (χ0n) is 13.5. The Balaban J connectivity index is 0.00000264. The van der Waals surface area contributed by atoms with Crippen LogP contribution < -0.4 is 5.32 Å². The molecule has 23 heavy (non-hydrogen) atoms. The molecule has 2 rings (SSSR count). The molecule has 0 radical (unpaired) electrons. The predicted octanol–water partition coefficient (Wildman–Crippen LogP) is 1.58. The highest BCUT2D eigenvalue weighted by atomic mass is 35.5. The molecule has 1 atom stereocenters. The van der Waals surface area contributed by atoms with E-state index in [1.165, 1.54) is 10.4 Å². The van der Waals surface area contributed by atoms with E-state index < -0.39 is 16.0 Å². The van der Waals surface area contributed by atoms with Gasteiger partial charge in [0.15, 0.2) is 0 Å². The number of esters is 1.